The summed E-state index contributed by atoms with van der Waals surface area (Å²) >= 11 is 5.87. The Bertz CT molecular complexity index is 721. The lowest BCUT2D eigenvalue weighted by Gasteiger charge is -2.15. The molecule has 23 heavy (non-hydrogen) atoms. The first-order valence-corrected chi connectivity index (χ1v) is 7.21. The molecular formula is C16H16ClN3O3. The zero-order valence-electron chi connectivity index (χ0n) is 12.4. The van der Waals surface area contributed by atoms with Gasteiger partial charge >= 0.3 is 6.03 Å². The van der Waals surface area contributed by atoms with Gasteiger partial charge in [-0.1, -0.05) is 23.7 Å². The molecule has 7 heteroatoms. The second kappa shape index (κ2) is 7.51. The van der Waals surface area contributed by atoms with Gasteiger partial charge in [0.05, 0.1) is 0 Å². The minimum Gasteiger partial charge on any atom is -0.481 e. The normalized spacial score (nSPS) is 11.4. The number of rotatable bonds is 5. The van der Waals surface area contributed by atoms with E-state index in [1.54, 1.807) is 55.5 Å². The van der Waals surface area contributed by atoms with Gasteiger partial charge in [0.1, 0.15) is 5.75 Å². The van der Waals surface area contributed by atoms with E-state index in [0.29, 0.717) is 22.1 Å². The van der Waals surface area contributed by atoms with E-state index in [2.05, 4.69) is 10.6 Å². The largest absolute Gasteiger partial charge is 0.481 e. The lowest BCUT2D eigenvalue weighted by Crippen LogP contribution is -2.30. The number of nitrogens with one attached hydrogen (secondary N) is 2. The third-order valence-electron chi connectivity index (χ3n) is 2.88. The molecule has 1 atom stereocenters. The first-order chi connectivity index (χ1) is 10.9. The van der Waals surface area contributed by atoms with Crippen LogP contribution in [-0.2, 0) is 4.79 Å². The number of hydrogen-bond acceptors (Lipinski definition) is 3. The van der Waals surface area contributed by atoms with Crippen LogP contribution in [0.25, 0.3) is 0 Å². The highest BCUT2D eigenvalue weighted by molar-refractivity contribution is 6.30. The lowest BCUT2D eigenvalue weighted by atomic mass is 10.2. The molecule has 0 saturated carbocycles. The molecule has 6 nitrogen and oxygen atoms in total. The molecule has 120 valence electrons. The number of urea groups is 1. The fraction of sp³-hybridized carbons (Fsp3) is 0.125. The number of benzene rings is 2. The van der Waals surface area contributed by atoms with Gasteiger partial charge < -0.3 is 21.1 Å². The topological polar surface area (TPSA) is 93.4 Å². The molecule has 0 heterocycles. The van der Waals surface area contributed by atoms with E-state index >= 15 is 0 Å². The minimum atomic E-state index is -0.721. The molecule has 0 bridgehead atoms. The molecule has 0 aliphatic rings. The molecule has 2 rings (SSSR count). The zero-order valence-corrected chi connectivity index (χ0v) is 13.1. The van der Waals surface area contributed by atoms with Crippen molar-refractivity contribution in [2.45, 2.75) is 13.0 Å². The van der Waals surface area contributed by atoms with Crippen LogP contribution in [-0.4, -0.2) is 18.0 Å². The Morgan fingerprint density at radius 3 is 2.39 bits per heavy atom. The molecule has 0 aliphatic carbocycles. The van der Waals surface area contributed by atoms with Gasteiger partial charge in [0.25, 0.3) is 5.91 Å². The van der Waals surface area contributed by atoms with Crippen LogP contribution in [0.3, 0.4) is 0 Å². The van der Waals surface area contributed by atoms with E-state index in [1.807, 2.05) is 0 Å². The van der Waals surface area contributed by atoms with Crippen molar-refractivity contribution in [3.8, 4) is 5.75 Å². The number of anilines is 2. The number of halogens is 1. The SMILES string of the molecule is CC(Oc1cccc(Cl)c1)C(=O)Nc1cccc(NC(N)=O)c1. The Morgan fingerprint density at radius 2 is 1.74 bits per heavy atom. The van der Waals surface area contributed by atoms with Crippen molar-refractivity contribution in [1.29, 1.82) is 0 Å². The van der Waals surface area contributed by atoms with Gasteiger partial charge in [0.15, 0.2) is 6.10 Å². The summed E-state index contributed by atoms with van der Waals surface area (Å²) in [5, 5.41) is 5.66. The molecule has 0 radical (unpaired) electrons. The molecule has 0 aromatic heterocycles. The average Bonchev–Trinajstić information content (AvgIpc) is 2.46. The molecule has 2 aromatic rings. The fourth-order valence-electron chi connectivity index (χ4n) is 1.86. The number of carbonyl (C=O) groups is 2. The quantitative estimate of drug-likeness (QED) is 0.784. The van der Waals surface area contributed by atoms with Gasteiger partial charge in [-0.15, -0.1) is 0 Å². The minimum absolute atomic E-state index is 0.332. The van der Waals surface area contributed by atoms with Crippen LogP contribution >= 0.6 is 11.6 Å². The van der Waals surface area contributed by atoms with E-state index in [1.165, 1.54) is 0 Å². The molecule has 0 spiro atoms. The number of primary amides is 1. The van der Waals surface area contributed by atoms with E-state index in [-0.39, 0.29) is 5.91 Å². The predicted molar refractivity (Wildman–Crippen MR) is 89.8 cm³/mol. The maximum atomic E-state index is 12.2. The van der Waals surface area contributed by atoms with E-state index in [0.717, 1.165) is 0 Å². The van der Waals surface area contributed by atoms with Crippen molar-refractivity contribution in [3.63, 3.8) is 0 Å². The van der Waals surface area contributed by atoms with Gasteiger partial charge in [-0.3, -0.25) is 4.79 Å². The molecule has 0 saturated heterocycles. The van der Waals surface area contributed by atoms with Gasteiger partial charge in [0.2, 0.25) is 0 Å². The Balaban J connectivity index is 1.99. The van der Waals surface area contributed by atoms with Crippen LogP contribution in [0, 0.1) is 0 Å². The number of nitrogens with two attached hydrogens (primary N) is 1. The molecule has 0 fully saturated rings. The lowest BCUT2D eigenvalue weighted by molar-refractivity contribution is -0.122. The van der Waals surface area contributed by atoms with Crippen LogP contribution in [0.15, 0.2) is 48.5 Å². The Hall–Kier alpha value is -2.73. The summed E-state index contributed by atoms with van der Waals surface area (Å²) < 4.78 is 5.54. The summed E-state index contributed by atoms with van der Waals surface area (Å²) in [5.74, 6) is 0.172. The number of carbonyl (C=O) groups excluding carboxylic acids is 2. The summed E-state index contributed by atoms with van der Waals surface area (Å²) in [4.78, 5) is 23.0. The molecular weight excluding hydrogens is 318 g/mol. The summed E-state index contributed by atoms with van der Waals surface area (Å²) in [6.45, 7) is 1.63. The second-order valence-electron chi connectivity index (χ2n) is 4.78. The first kappa shape index (κ1) is 16.6. The highest BCUT2D eigenvalue weighted by Gasteiger charge is 2.15. The maximum Gasteiger partial charge on any atom is 0.316 e. The van der Waals surface area contributed by atoms with E-state index < -0.39 is 12.1 Å². The third-order valence-corrected chi connectivity index (χ3v) is 3.11. The van der Waals surface area contributed by atoms with Crippen LogP contribution in [0.1, 0.15) is 6.92 Å². The molecule has 4 N–H and O–H groups in total. The van der Waals surface area contributed by atoms with Crippen LogP contribution in [0.5, 0.6) is 5.75 Å². The first-order valence-electron chi connectivity index (χ1n) is 6.83. The second-order valence-corrected chi connectivity index (χ2v) is 5.21. The van der Waals surface area contributed by atoms with Gasteiger partial charge in [0, 0.05) is 16.4 Å². The molecule has 0 aliphatic heterocycles. The van der Waals surface area contributed by atoms with Crippen LogP contribution < -0.4 is 21.1 Å². The Kier molecular flexibility index (Phi) is 5.43. The summed E-state index contributed by atoms with van der Waals surface area (Å²) in [7, 11) is 0. The summed E-state index contributed by atoms with van der Waals surface area (Å²) in [6, 6.07) is 12.7. The standard InChI is InChI=1S/C16H16ClN3O3/c1-10(23-14-7-2-4-11(17)8-14)15(21)19-12-5-3-6-13(9-12)20-16(18)22/h2-10H,1H3,(H,19,21)(H3,18,20,22). The highest BCUT2D eigenvalue weighted by Crippen LogP contribution is 2.19. The van der Waals surface area contributed by atoms with Crippen LogP contribution in [0.4, 0.5) is 16.2 Å². The molecule has 2 aromatic carbocycles. The maximum absolute atomic E-state index is 12.2. The van der Waals surface area contributed by atoms with Crippen molar-refractivity contribution >= 4 is 34.9 Å². The zero-order chi connectivity index (χ0) is 16.8. The molecule has 3 amide bonds. The van der Waals surface area contributed by atoms with Crippen molar-refractivity contribution in [3.05, 3.63) is 53.6 Å². The number of ether oxygens (including phenoxy) is 1. The van der Waals surface area contributed by atoms with Gasteiger partial charge in [-0.25, -0.2) is 4.79 Å². The molecule has 1 unspecified atom stereocenters. The van der Waals surface area contributed by atoms with Crippen molar-refractivity contribution in [2.75, 3.05) is 10.6 Å². The van der Waals surface area contributed by atoms with Crippen LogP contribution in [0.2, 0.25) is 5.02 Å². The van der Waals surface area contributed by atoms with Gasteiger partial charge in [-0.2, -0.15) is 0 Å². The fourth-order valence-corrected chi connectivity index (χ4v) is 2.04. The van der Waals surface area contributed by atoms with E-state index in [9.17, 15) is 9.59 Å². The smallest absolute Gasteiger partial charge is 0.316 e. The monoisotopic (exact) mass is 333 g/mol. The van der Waals surface area contributed by atoms with Crippen molar-refractivity contribution in [2.24, 2.45) is 5.73 Å². The number of amides is 3. The number of hydrogen-bond donors (Lipinski definition) is 3. The van der Waals surface area contributed by atoms with Gasteiger partial charge in [-0.05, 0) is 43.3 Å². The van der Waals surface area contributed by atoms with Crippen molar-refractivity contribution < 1.29 is 14.3 Å². The predicted octanol–water partition coefficient (Wildman–Crippen LogP) is 3.24. The third kappa shape index (κ3) is 5.19. The Labute approximate surface area is 138 Å². The summed E-state index contributed by atoms with van der Waals surface area (Å²) in [6.07, 6.45) is -0.721. The van der Waals surface area contributed by atoms with E-state index in [4.69, 9.17) is 22.1 Å². The summed E-state index contributed by atoms with van der Waals surface area (Å²) in [5.41, 5.74) is 6.06. The Morgan fingerprint density at radius 1 is 1.09 bits per heavy atom. The van der Waals surface area contributed by atoms with Crippen molar-refractivity contribution in [1.82, 2.24) is 0 Å². The average molecular weight is 334 g/mol. The highest BCUT2D eigenvalue weighted by atomic mass is 35.5.